The van der Waals surface area contributed by atoms with Crippen LogP contribution in [0.5, 0.6) is 0 Å². The highest BCUT2D eigenvalue weighted by molar-refractivity contribution is 6.07. The summed E-state index contributed by atoms with van der Waals surface area (Å²) in [5.74, 6) is -0.441. The molecule has 7 heteroatoms. The van der Waals surface area contributed by atoms with E-state index in [0.29, 0.717) is 18.6 Å². The standard InChI is InChI=1S/C28H25FN4O2/c1-19(21-7-3-2-4-8-21)15-30-26(34)18-33-28(35)27-24(16-31-33)23-9-5-6-10-25(23)32(27)17-20-11-13-22(29)14-12-20/h2-14,16,19H,15,17-18H2,1H3,(H,30,34)/t19-/m1/s1. The summed E-state index contributed by atoms with van der Waals surface area (Å²) in [6.07, 6.45) is 1.64. The van der Waals surface area contributed by atoms with Crippen LogP contribution in [0.25, 0.3) is 21.8 Å². The van der Waals surface area contributed by atoms with E-state index in [1.807, 2.05) is 66.1 Å². The molecule has 2 aromatic heterocycles. The first kappa shape index (κ1) is 22.5. The van der Waals surface area contributed by atoms with Crippen molar-refractivity contribution in [2.75, 3.05) is 6.54 Å². The van der Waals surface area contributed by atoms with E-state index in [2.05, 4.69) is 10.4 Å². The van der Waals surface area contributed by atoms with Gasteiger partial charge in [0.1, 0.15) is 17.9 Å². The molecular weight excluding hydrogens is 443 g/mol. The van der Waals surface area contributed by atoms with Crippen LogP contribution in [0.4, 0.5) is 4.39 Å². The molecule has 0 spiro atoms. The van der Waals surface area contributed by atoms with Gasteiger partial charge in [0.25, 0.3) is 5.56 Å². The van der Waals surface area contributed by atoms with E-state index >= 15 is 0 Å². The largest absolute Gasteiger partial charge is 0.354 e. The van der Waals surface area contributed by atoms with Crippen molar-refractivity contribution in [3.63, 3.8) is 0 Å². The van der Waals surface area contributed by atoms with Gasteiger partial charge in [0.05, 0.1) is 6.20 Å². The van der Waals surface area contributed by atoms with Gasteiger partial charge in [-0.3, -0.25) is 9.59 Å². The first-order valence-electron chi connectivity index (χ1n) is 11.5. The molecular formula is C28H25FN4O2. The number of amides is 1. The molecule has 0 aliphatic rings. The monoisotopic (exact) mass is 468 g/mol. The van der Waals surface area contributed by atoms with E-state index in [4.69, 9.17) is 0 Å². The molecule has 1 amide bonds. The van der Waals surface area contributed by atoms with Crippen molar-refractivity contribution in [1.29, 1.82) is 0 Å². The summed E-state index contributed by atoms with van der Waals surface area (Å²) in [6, 6.07) is 23.9. The Kier molecular flexibility index (Phi) is 6.14. The summed E-state index contributed by atoms with van der Waals surface area (Å²) in [4.78, 5) is 26.2. The molecule has 3 aromatic carbocycles. The Morgan fingerprint density at radius 1 is 0.971 bits per heavy atom. The summed E-state index contributed by atoms with van der Waals surface area (Å²) in [5, 5.41) is 8.83. The highest BCUT2D eigenvalue weighted by Crippen LogP contribution is 2.27. The molecule has 0 radical (unpaired) electrons. The van der Waals surface area contributed by atoms with Crippen molar-refractivity contribution in [3.8, 4) is 0 Å². The van der Waals surface area contributed by atoms with Crippen LogP contribution in [0, 0.1) is 5.82 Å². The highest BCUT2D eigenvalue weighted by Gasteiger charge is 2.17. The maximum Gasteiger partial charge on any atom is 0.291 e. The topological polar surface area (TPSA) is 68.9 Å². The normalized spacial score (nSPS) is 12.2. The predicted molar refractivity (Wildman–Crippen MR) is 135 cm³/mol. The van der Waals surface area contributed by atoms with Gasteiger partial charge in [-0.15, -0.1) is 0 Å². The Hall–Kier alpha value is -4.26. The number of hydrogen-bond donors (Lipinski definition) is 1. The number of benzene rings is 3. The van der Waals surface area contributed by atoms with E-state index in [0.717, 1.165) is 27.4 Å². The van der Waals surface area contributed by atoms with Gasteiger partial charge >= 0.3 is 0 Å². The molecule has 0 unspecified atom stereocenters. The molecule has 5 rings (SSSR count). The molecule has 176 valence electrons. The fourth-order valence-corrected chi connectivity index (χ4v) is 4.40. The van der Waals surface area contributed by atoms with E-state index in [1.54, 1.807) is 18.3 Å². The highest BCUT2D eigenvalue weighted by atomic mass is 19.1. The Morgan fingerprint density at radius 2 is 1.69 bits per heavy atom. The number of nitrogens with one attached hydrogen (secondary N) is 1. The Labute approximate surface area is 201 Å². The molecule has 6 nitrogen and oxygen atoms in total. The van der Waals surface area contributed by atoms with Crippen LogP contribution in [0.15, 0.2) is 89.9 Å². The zero-order chi connectivity index (χ0) is 24.4. The SMILES string of the molecule is C[C@H](CNC(=O)Cn1ncc2c3ccccc3n(Cc3ccc(F)cc3)c2c1=O)c1ccccc1. The number of halogens is 1. The average molecular weight is 469 g/mol. The van der Waals surface area contributed by atoms with Crippen molar-refractivity contribution in [3.05, 3.63) is 112 Å². The number of rotatable bonds is 7. The second kappa shape index (κ2) is 9.54. The molecule has 1 N–H and O–H groups in total. The minimum atomic E-state index is -0.341. The van der Waals surface area contributed by atoms with Crippen molar-refractivity contribution in [2.45, 2.75) is 25.9 Å². The molecule has 0 saturated carbocycles. The third-order valence-corrected chi connectivity index (χ3v) is 6.29. The van der Waals surface area contributed by atoms with Gasteiger partial charge in [-0.25, -0.2) is 9.07 Å². The van der Waals surface area contributed by atoms with Gasteiger partial charge in [-0.2, -0.15) is 5.10 Å². The Balaban J connectivity index is 1.44. The van der Waals surface area contributed by atoms with E-state index in [9.17, 15) is 14.0 Å². The minimum absolute atomic E-state index is 0.144. The molecule has 5 aromatic rings. The smallest absolute Gasteiger partial charge is 0.291 e. The van der Waals surface area contributed by atoms with Gasteiger partial charge in [0.15, 0.2) is 0 Å². The minimum Gasteiger partial charge on any atom is -0.354 e. The lowest BCUT2D eigenvalue weighted by atomic mass is 10.0. The summed E-state index contributed by atoms with van der Waals surface area (Å²) >= 11 is 0. The molecule has 1 atom stereocenters. The number of para-hydroxylation sites is 1. The van der Waals surface area contributed by atoms with Crippen LogP contribution in [-0.4, -0.2) is 26.8 Å². The molecule has 0 bridgehead atoms. The number of hydrogen-bond acceptors (Lipinski definition) is 3. The summed E-state index contributed by atoms with van der Waals surface area (Å²) in [6.45, 7) is 2.73. The molecule has 0 fully saturated rings. The zero-order valence-corrected chi connectivity index (χ0v) is 19.3. The fraction of sp³-hybridized carbons (Fsp3) is 0.179. The molecule has 0 aliphatic carbocycles. The molecule has 2 heterocycles. The van der Waals surface area contributed by atoms with Gasteiger partial charge in [0.2, 0.25) is 5.91 Å². The molecule has 0 aliphatic heterocycles. The van der Waals surface area contributed by atoms with Crippen molar-refractivity contribution in [1.82, 2.24) is 19.7 Å². The van der Waals surface area contributed by atoms with Gasteiger partial charge in [0, 0.05) is 29.4 Å². The van der Waals surface area contributed by atoms with Crippen LogP contribution in [0.3, 0.4) is 0 Å². The van der Waals surface area contributed by atoms with E-state index in [-0.39, 0.29) is 29.7 Å². The predicted octanol–water partition coefficient (Wildman–Crippen LogP) is 4.46. The summed E-state index contributed by atoms with van der Waals surface area (Å²) in [7, 11) is 0. The van der Waals surface area contributed by atoms with Gasteiger partial charge in [-0.05, 0) is 35.2 Å². The Bertz CT molecular complexity index is 1560. The third kappa shape index (κ3) is 4.57. The maximum absolute atomic E-state index is 13.5. The molecule has 0 saturated heterocycles. The quantitative estimate of drug-likeness (QED) is 0.384. The zero-order valence-electron chi connectivity index (χ0n) is 19.3. The fourth-order valence-electron chi connectivity index (χ4n) is 4.40. The first-order chi connectivity index (χ1) is 17.0. The third-order valence-electron chi connectivity index (χ3n) is 6.29. The first-order valence-corrected chi connectivity index (χ1v) is 11.5. The van der Waals surface area contributed by atoms with Gasteiger partial charge < -0.3 is 9.88 Å². The van der Waals surface area contributed by atoms with Crippen LogP contribution >= 0.6 is 0 Å². The second-order valence-electron chi connectivity index (χ2n) is 8.72. The van der Waals surface area contributed by atoms with Crippen LogP contribution in [0.2, 0.25) is 0 Å². The van der Waals surface area contributed by atoms with Crippen molar-refractivity contribution >= 4 is 27.7 Å². The van der Waals surface area contributed by atoms with Crippen LogP contribution in [-0.2, 0) is 17.9 Å². The number of aromatic nitrogens is 3. The van der Waals surface area contributed by atoms with Crippen molar-refractivity contribution < 1.29 is 9.18 Å². The lowest BCUT2D eigenvalue weighted by Gasteiger charge is -2.13. The number of carbonyl (C=O) groups excluding carboxylic acids is 1. The number of carbonyl (C=O) groups is 1. The maximum atomic E-state index is 13.5. The number of nitrogens with zero attached hydrogens (tertiary/aromatic N) is 3. The van der Waals surface area contributed by atoms with Crippen LogP contribution < -0.4 is 10.9 Å². The van der Waals surface area contributed by atoms with Gasteiger partial charge in [-0.1, -0.05) is 67.6 Å². The average Bonchev–Trinajstić information content (AvgIpc) is 3.20. The van der Waals surface area contributed by atoms with E-state index in [1.165, 1.54) is 16.8 Å². The second-order valence-corrected chi connectivity index (χ2v) is 8.72. The van der Waals surface area contributed by atoms with Crippen molar-refractivity contribution in [2.24, 2.45) is 0 Å². The lowest BCUT2D eigenvalue weighted by Crippen LogP contribution is -2.35. The Morgan fingerprint density at radius 3 is 2.46 bits per heavy atom. The molecule has 35 heavy (non-hydrogen) atoms. The summed E-state index contributed by atoms with van der Waals surface area (Å²) < 4.78 is 16.5. The number of fused-ring (bicyclic) bond motifs is 3. The summed E-state index contributed by atoms with van der Waals surface area (Å²) in [5.41, 5.74) is 3.01. The van der Waals surface area contributed by atoms with Crippen LogP contribution in [0.1, 0.15) is 24.0 Å². The lowest BCUT2D eigenvalue weighted by molar-refractivity contribution is -0.121. The van der Waals surface area contributed by atoms with E-state index < -0.39 is 0 Å².